The Morgan fingerprint density at radius 3 is 2.58 bits per heavy atom. The summed E-state index contributed by atoms with van der Waals surface area (Å²) in [7, 11) is 0. The highest BCUT2D eigenvalue weighted by Gasteiger charge is 2.20. The lowest BCUT2D eigenvalue weighted by Gasteiger charge is -2.11. The molecule has 1 heterocycles. The molecule has 3 rings (SSSR count). The molecular formula is C17H15ClN4OS. The van der Waals surface area contributed by atoms with Gasteiger partial charge in [0.2, 0.25) is 5.16 Å². The Hall–Kier alpha value is -2.18. The predicted octanol–water partition coefficient (Wildman–Crippen LogP) is 3.99. The molecule has 0 aliphatic carbocycles. The third-order valence-corrected chi connectivity index (χ3v) is 4.85. The first kappa shape index (κ1) is 16.7. The number of carbonyl (C=O) groups excluding carboxylic acids is 1. The summed E-state index contributed by atoms with van der Waals surface area (Å²) >= 11 is 7.20. The molecule has 24 heavy (non-hydrogen) atoms. The zero-order chi connectivity index (χ0) is 17.1. The number of ketones is 1. The van der Waals surface area contributed by atoms with Crippen LogP contribution in [0.15, 0.2) is 53.7 Å². The van der Waals surface area contributed by atoms with Gasteiger partial charge in [0.05, 0.1) is 10.9 Å². The molecular weight excluding hydrogens is 344 g/mol. The van der Waals surface area contributed by atoms with Crippen LogP contribution in [0.4, 0.5) is 0 Å². The molecule has 0 spiro atoms. The van der Waals surface area contributed by atoms with Crippen molar-refractivity contribution in [3.8, 4) is 5.69 Å². The minimum absolute atomic E-state index is 0.0102. The summed E-state index contributed by atoms with van der Waals surface area (Å²) in [5, 5.41) is 12.7. The Morgan fingerprint density at radius 1 is 1.17 bits per heavy atom. The quantitative estimate of drug-likeness (QED) is 0.510. The Balaban J connectivity index is 1.82. The van der Waals surface area contributed by atoms with E-state index in [2.05, 4.69) is 15.5 Å². The third-order valence-electron chi connectivity index (χ3n) is 3.56. The molecule has 2 aromatic carbocycles. The highest BCUT2D eigenvalue weighted by molar-refractivity contribution is 8.00. The van der Waals surface area contributed by atoms with Crippen LogP contribution in [0.5, 0.6) is 0 Å². The SMILES string of the molecule is Cc1ccccc1-n1nnnc1SC(C)C(=O)c1ccc(Cl)cc1. The second-order valence-electron chi connectivity index (χ2n) is 5.29. The molecule has 1 atom stereocenters. The maximum absolute atomic E-state index is 12.6. The second kappa shape index (κ2) is 7.15. The van der Waals surface area contributed by atoms with Gasteiger partial charge in [-0.15, -0.1) is 5.10 Å². The minimum Gasteiger partial charge on any atom is -0.293 e. The van der Waals surface area contributed by atoms with E-state index in [1.54, 1.807) is 28.9 Å². The number of aryl methyl sites for hydroxylation is 1. The molecule has 0 aliphatic heterocycles. The molecule has 0 saturated carbocycles. The van der Waals surface area contributed by atoms with Crippen molar-refractivity contribution in [2.24, 2.45) is 0 Å². The van der Waals surface area contributed by atoms with Crippen molar-refractivity contribution in [2.45, 2.75) is 24.3 Å². The van der Waals surface area contributed by atoms with Gasteiger partial charge in [0.25, 0.3) is 0 Å². The third kappa shape index (κ3) is 3.49. The van der Waals surface area contributed by atoms with Crippen molar-refractivity contribution >= 4 is 29.1 Å². The molecule has 0 fully saturated rings. The summed E-state index contributed by atoms with van der Waals surface area (Å²) in [4.78, 5) is 12.6. The Bertz CT molecular complexity index is 863. The van der Waals surface area contributed by atoms with Crippen molar-refractivity contribution < 1.29 is 4.79 Å². The fourth-order valence-electron chi connectivity index (χ4n) is 2.27. The average molecular weight is 359 g/mol. The lowest BCUT2D eigenvalue weighted by Crippen LogP contribution is -2.14. The van der Waals surface area contributed by atoms with Crippen LogP contribution in [0, 0.1) is 6.92 Å². The van der Waals surface area contributed by atoms with Gasteiger partial charge >= 0.3 is 0 Å². The van der Waals surface area contributed by atoms with E-state index in [1.165, 1.54) is 11.8 Å². The molecule has 7 heteroatoms. The fraction of sp³-hybridized carbons (Fsp3) is 0.176. The molecule has 3 aromatic rings. The number of tetrazole rings is 1. The molecule has 0 aliphatic rings. The number of para-hydroxylation sites is 1. The molecule has 0 N–H and O–H groups in total. The fourth-order valence-corrected chi connectivity index (χ4v) is 3.27. The van der Waals surface area contributed by atoms with Crippen LogP contribution in [-0.4, -0.2) is 31.2 Å². The topological polar surface area (TPSA) is 60.7 Å². The van der Waals surface area contributed by atoms with E-state index < -0.39 is 0 Å². The summed E-state index contributed by atoms with van der Waals surface area (Å²) in [6.45, 7) is 3.84. The van der Waals surface area contributed by atoms with Crippen LogP contribution in [-0.2, 0) is 0 Å². The van der Waals surface area contributed by atoms with Crippen LogP contribution in [0.2, 0.25) is 5.02 Å². The molecule has 1 unspecified atom stereocenters. The first-order chi connectivity index (χ1) is 11.6. The van der Waals surface area contributed by atoms with Crippen molar-refractivity contribution in [1.82, 2.24) is 20.2 Å². The van der Waals surface area contributed by atoms with Gasteiger partial charge in [-0.2, -0.15) is 4.68 Å². The number of thioether (sulfide) groups is 1. The molecule has 0 radical (unpaired) electrons. The number of nitrogens with zero attached hydrogens (tertiary/aromatic N) is 4. The van der Waals surface area contributed by atoms with Crippen LogP contribution in [0.3, 0.4) is 0 Å². The summed E-state index contributed by atoms with van der Waals surface area (Å²) in [5.74, 6) is 0.0102. The maximum Gasteiger partial charge on any atom is 0.214 e. The smallest absolute Gasteiger partial charge is 0.214 e. The summed E-state index contributed by atoms with van der Waals surface area (Å²) in [5.41, 5.74) is 2.58. The average Bonchev–Trinajstić information content (AvgIpc) is 3.03. The monoisotopic (exact) mass is 358 g/mol. The van der Waals surface area contributed by atoms with Gasteiger partial charge in [-0.05, 0) is 60.2 Å². The van der Waals surface area contributed by atoms with E-state index in [0.29, 0.717) is 15.7 Å². The number of aromatic nitrogens is 4. The lowest BCUT2D eigenvalue weighted by molar-refractivity contribution is 0.0994. The predicted molar refractivity (Wildman–Crippen MR) is 95.0 cm³/mol. The van der Waals surface area contributed by atoms with E-state index in [0.717, 1.165) is 11.3 Å². The standard InChI is InChI=1S/C17H15ClN4OS/c1-11-5-3-4-6-15(11)22-17(19-20-21-22)24-12(2)16(23)13-7-9-14(18)10-8-13/h3-10,12H,1-2H3. The first-order valence-electron chi connectivity index (χ1n) is 7.37. The Morgan fingerprint density at radius 2 is 1.88 bits per heavy atom. The highest BCUT2D eigenvalue weighted by atomic mass is 35.5. The van der Waals surface area contributed by atoms with Crippen molar-refractivity contribution in [3.05, 3.63) is 64.7 Å². The van der Waals surface area contributed by atoms with Gasteiger partial charge in [0.15, 0.2) is 5.78 Å². The zero-order valence-electron chi connectivity index (χ0n) is 13.2. The number of carbonyl (C=O) groups is 1. The van der Waals surface area contributed by atoms with Crippen LogP contribution < -0.4 is 0 Å². The largest absolute Gasteiger partial charge is 0.293 e. The number of benzene rings is 2. The van der Waals surface area contributed by atoms with Gasteiger partial charge in [0, 0.05) is 10.6 Å². The van der Waals surface area contributed by atoms with E-state index in [4.69, 9.17) is 11.6 Å². The van der Waals surface area contributed by atoms with Gasteiger partial charge in [-0.3, -0.25) is 4.79 Å². The number of halogens is 1. The number of hydrogen-bond donors (Lipinski definition) is 0. The number of Topliss-reactive ketones (excluding diaryl/α,β-unsaturated/α-hetero) is 1. The summed E-state index contributed by atoms with van der Waals surface area (Å²) in [6.07, 6.45) is 0. The summed E-state index contributed by atoms with van der Waals surface area (Å²) in [6, 6.07) is 14.7. The van der Waals surface area contributed by atoms with Gasteiger partial charge in [-0.25, -0.2) is 0 Å². The van der Waals surface area contributed by atoms with Gasteiger partial charge in [0.1, 0.15) is 0 Å². The van der Waals surface area contributed by atoms with E-state index in [9.17, 15) is 4.79 Å². The van der Waals surface area contributed by atoms with E-state index >= 15 is 0 Å². The molecule has 122 valence electrons. The molecule has 5 nitrogen and oxygen atoms in total. The summed E-state index contributed by atoms with van der Waals surface area (Å²) < 4.78 is 1.66. The Kier molecular flexibility index (Phi) is 4.97. The highest BCUT2D eigenvalue weighted by Crippen LogP contribution is 2.26. The second-order valence-corrected chi connectivity index (χ2v) is 7.04. The van der Waals surface area contributed by atoms with Crippen LogP contribution >= 0.6 is 23.4 Å². The van der Waals surface area contributed by atoms with Crippen molar-refractivity contribution in [1.29, 1.82) is 0 Å². The molecule has 1 aromatic heterocycles. The van der Waals surface area contributed by atoms with E-state index in [-0.39, 0.29) is 11.0 Å². The van der Waals surface area contributed by atoms with Gasteiger partial charge in [-0.1, -0.05) is 41.6 Å². The lowest BCUT2D eigenvalue weighted by atomic mass is 10.1. The normalized spacial score (nSPS) is 12.1. The van der Waals surface area contributed by atoms with Crippen LogP contribution in [0.25, 0.3) is 5.69 Å². The Labute approximate surface area is 149 Å². The maximum atomic E-state index is 12.6. The van der Waals surface area contributed by atoms with Crippen molar-refractivity contribution in [3.63, 3.8) is 0 Å². The minimum atomic E-state index is -0.319. The number of rotatable bonds is 5. The molecule has 0 bridgehead atoms. The molecule has 0 amide bonds. The molecule has 0 saturated heterocycles. The van der Waals surface area contributed by atoms with E-state index in [1.807, 2.05) is 38.1 Å². The van der Waals surface area contributed by atoms with Crippen LogP contribution in [0.1, 0.15) is 22.8 Å². The zero-order valence-corrected chi connectivity index (χ0v) is 14.8. The van der Waals surface area contributed by atoms with Gasteiger partial charge < -0.3 is 0 Å². The first-order valence-corrected chi connectivity index (χ1v) is 8.63. The van der Waals surface area contributed by atoms with Crippen molar-refractivity contribution in [2.75, 3.05) is 0 Å². The number of hydrogen-bond acceptors (Lipinski definition) is 5.